The zero-order chi connectivity index (χ0) is 36.3. The fourth-order valence-corrected chi connectivity index (χ4v) is 9.24. The van der Waals surface area contributed by atoms with Crippen molar-refractivity contribution in [1.29, 1.82) is 0 Å². The highest BCUT2D eigenvalue weighted by Crippen LogP contribution is 2.46. The second-order valence-corrected chi connectivity index (χ2v) is 15.0. The van der Waals surface area contributed by atoms with E-state index >= 15 is 0 Å². The molecule has 8 aromatic carbocycles. The number of nitrogens with zero attached hydrogens (tertiary/aromatic N) is 1. The predicted molar refractivity (Wildman–Crippen MR) is 230 cm³/mol. The Hall–Kier alpha value is -6.58. The van der Waals surface area contributed by atoms with E-state index in [4.69, 9.17) is 8.83 Å². The van der Waals surface area contributed by atoms with Gasteiger partial charge in [-0.1, -0.05) is 147 Å². The van der Waals surface area contributed by atoms with Crippen molar-refractivity contribution < 1.29 is 8.83 Å². The molecule has 0 saturated heterocycles. The van der Waals surface area contributed by atoms with Crippen LogP contribution in [0.25, 0.3) is 76.9 Å². The van der Waals surface area contributed by atoms with Gasteiger partial charge in [0.05, 0.1) is 5.69 Å². The second kappa shape index (κ2) is 13.1. The van der Waals surface area contributed by atoms with Crippen LogP contribution < -0.4 is 4.90 Å². The minimum atomic E-state index is 0.545. The highest BCUT2D eigenvalue weighted by atomic mass is 16.3. The summed E-state index contributed by atoms with van der Waals surface area (Å²) in [6.45, 7) is 0. The van der Waals surface area contributed by atoms with Gasteiger partial charge in [-0.15, -0.1) is 0 Å². The molecule has 0 spiro atoms. The summed E-state index contributed by atoms with van der Waals surface area (Å²) < 4.78 is 13.3. The van der Waals surface area contributed by atoms with Crippen LogP contribution >= 0.6 is 0 Å². The van der Waals surface area contributed by atoms with Gasteiger partial charge in [-0.3, -0.25) is 0 Å². The quantitative estimate of drug-likeness (QED) is 0.172. The zero-order valence-corrected chi connectivity index (χ0v) is 30.5. The van der Waals surface area contributed by atoms with Crippen LogP contribution in [0.2, 0.25) is 0 Å². The van der Waals surface area contributed by atoms with E-state index in [1.165, 1.54) is 65.0 Å². The van der Waals surface area contributed by atoms with Crippen molar-refractivity contribution in [3.63, 3.8) is 0 Å². The standard InChI is InChI=1S/C52H39NO2/c1-2-12-35(13-3-1)43-20-9-21-44-45-22-10-23-47(52(45)55-51(43)44)53(38-30-26-36(27-31-38)41-18-8-15-34-14-4-5-16-40(34)41)39-32-28-37(29-33-39)42-19-11-25-49-50(42)46-17-6-7-24-48(46)54-49/h4-11,14-33,35H,1-3,12-13H2. The topological polar surface area (TPSA) is 29.5 Å². The van der Waals surface area contributed by atoms with Gasteiger partial charge in [-0.25, -0.2) is 0 Å². The molecular formula is C52H39NO2. The van der Waals surface area contributed by atoms with Crippen LogP contribution in [0.4, 0.5) is 17.1 Å². The molecule has 0 aliphatic heterocycles. The smallest absolute Gasteiger partial charge is 0.159 e. The number of furan rings is 2. The third-order valence-electron chi connectivity index (χ3n) is 11.9. The number of hydrogen-bond acceptors (Lipinski definition) is 3. The second-order valence-electron chi connectivity index (χ2n) is 15.0. The van der Waals surface area contributed by atoms with Crippen LogP contribution in [-0.2, 0) is 0 Å². The van der Waals surface area contributed by atoms with Gasteiger partial charge in [0.15, 0.2) is 5.58 Å². The Bertz CT molecular complexity index is 3010. The summed E-state index contributed by atoms with van der Waals surface area (Å²) >= 11 is 0. The summed E-state index contributed by atoms with van der Waals surface area (Å²) in [6, 6.07) is 61.1. The van der Waals surface area contributed by atoms with E-state index in [0.717, 1.165) is 66.7 Å². The summed E-state index contributed by atoms with van der Waals surface area (Å²) in [6.07, 6.45) is 6.37. The van der Waals surface area contributed by atoms with Crippen molar-refractivity contribution in [3.8, 4) is 22.3 Å². The molecule has 55 heavy (non-hydrogen) atoms. The molecule has 1 aliphatic rings. The number of fused-ring (bicyclic) bond motifs is 7. The van der Waals surface area contributed by atoms with Crippen molar-refractivity contribution in [2.45, 2.75) is 38.0 Å². The summed E-state index contributed by atoms with van der Waals surface area (Å²) in [5.74, 6) is 0.545. The predicted octanol–water partition coefficient (Wildman–Crippen LogP) is 15.5. The molecule has 3 nitrogen and oxygen atoms in total. The highest BCUT2D eigenvalue weighted by Gasteiger charge is 2.24. The Morgan fingerprint density at radius 1 is 0.418 bits per heavy atom. The van der Waals surface area contributed by atoms with E-state index in [9.17, 15) is 0 Å². The lowest BCUT2D eigenvalue weighted by Crippen LogP contribution is -2.10. The third kappa shape index (κ3) is 5.33. The lowest BCUT2D eigenvalue weighted by atomic mass is 9.83. The minimum Gasteiger partial charge on any atom is -0.456 e. The SMILES string of the molecule is c1ccc2c(-c3ccc(N(c4ccc(-c5cccc6oc7ccccc7c56)cc4)c4cccc5c4oc4c(C6CCCCC6)cccc45)cc3)cccc2c1. The zero-order valence-electron chi connectivity index (χ0n) is 30.5. The molecule has 10 aromatic rings. The van der Waals surface area contributed by atoms with Gasteiger partial charge in [0, 0.05) is 32.9 Å². The van der Waals surface area contributed by atoms with Gasteiger partial charge in [0.25, 0.3) is 0 Å². The Balaban J connectivity index is 1.07. The number of benzene rings is 8. The van der Waals surface area contributed by atoms with Gasteiger partial charge < -0.3 is 13.7 Å². The normalized spacial score (nSPS) is 13.7. The molecule has 0 radical (unpaired) electrons. The fourth-order valence-electron chi connectivity index (χ4n) is 9.24. The van der Waals surface area contributed by atoms with E-state index in [2.05, 4.69) is 163 Å². The molecule has 2 aromatic heterocycles. The average molecular weight is 710 g/mol. The molecule has 2 heterocycles. The van der Waals surface area contributed by atoms with E-state index in [1.807, 2.05) is 12.1 Å². The molecule has 3 heteroatoms. The maximum atomic E-state index is 7.05. The number of para-hydroxylation sites is 3. The van der Waals surface area contributed by atoms with Gasteiger partial charge >= 0.3 is 0 Å². The summed E-state index contributed by atoms with van der Waals surface area (Å²) in [4.78, 5) is 2.36. The van der Waals surface area contributed by atoms with E-state index in [-0.39, 0.29) is 0 Å². The summed E-state index contributed by atoms with van der Waals surface area (Å²) in [7, 11) is 0. The van der Waals surface area contributed by atoms with Crippen LogP contribution in [0.1, 0.15) is 43.6 Å². The van der Waals surface area contributed by atoms with Crippen LogP contribution in [0.15, 0.2) is 179 Å². The number of rotatable bonds is 6. The molecular weight excluding hydrogens is 671 g/mol. The largest absolute Gasteiger partial charge is 0.456 e. The van der Waals surface area contributed by atoms with Crippen LogP contribution in [0.3, 0.4) is 0 Å². The van der Waals surface area contributed by atoms with Crippen LogP contribution in [0, 0.1) is 0 Å². The molecule has 0 amide bonds. The van der Waals surface area contributed by atoms with E-state index in [1.54, 1.807) is 0 Å². The maximum Gasteiger partial charge on any atom is 0.159 e. The molecule has 0 unspecified atom stereocenters. The average Bonchev–Trinajstić information content (AvgIpc) is 3.84. The first-order chi connectivity index (χ1) is 27.3. The Morgan fingerprint density at radius 3 is 1.80 bits per heavy atom. The van der Waals surface area contributed by atoms with E-state index < -0.39 is 0 Å². The lowest BCUT2D eigenvalue weighted by molar-refractivity contribution is 0.442. The van der Waals surface area contributed by atoms with Gasteiger partial charge in [0.2, 0.25) is 0 Å². The van der Waals surface area contributed by atoms with Gasteiger partial charge in [-0.05, 0) is 99.8 Å². The molecule has 1 saturated carbocycles. The lowest BCUT2D eigenvalue weighted by Gasteiger charge is -2.26. The van der Waals surface area contributed by atoms with Crippen molar-refractivity contribution in [2.75, 3.05) is 4.90 Å². The van der Waals surface area contributed by atoms with Gasteiger partial charge in [0.1, 0.15) is 16.7 Å². The first kappa shape index (κ1) is 31.9. The first-order valence-corrected chi connectivity index (χ1v) is 19.6. The highest BCUT2D eigenvalue weighted by molar-refractivity contribution is 6.13. The Labute approximate surface area is 320 Å². The van der Waals surface area contributed by atoms with Gasteiger partial charge in [-0.2, -0.15) is 0 Å². The summed E-state index contributed by atoms with van der Waals surface area (Å²) in [5.41, 5.74) is 13.0. The Kier molecular flexibility index (Phi) is 7.58. The summed E-state index contributed by atoms with van der Waals surface area (Å²) in [5, 5.41) is 7.13. The minimum absolute atomic E-state index is 0.545. The molecule has 0 atom stereocenters. The molecule has 0 N–H and O–H groups in total. The Morgan fingerprint density at radius 2 is 1.00 bits per heavy atom. The molecule has 264 valence electrons. The van der Waals surface area contributed by atoms with Crippen molar-refractivity contribution in [2.24, 2.45) is 0 Å². The number of hydrogen-bond donors (Lipinski definition) is 0. The van der Waals surface area contributed by atoms with Crippen LogP contribution in [-0.4, -0.2) is 0 Å². The molecule has 11 rings (SSSR count). The van der Waals surface area contributed by atoms with Crippen molar-refractivity contribution in [1.82, 2.24) is 0 Å². The molecule has 0 bridgehead atoms. The first-order valence-electron chi connectivity index (χ1n) is 19.6. The van der Waals surface area contributed by atoms with E-state index in [0.29, 0.717) is 5.92 Å². The van der Waals surface area contributed by atoms with Crippen molar-refractivity contribution >= 4 is 71.7 Å². The van der Waals surface area contributed by atoms with Crippen LogP contribution in [0.5, 0.6) is 0 Å². The monoisotopic (exact) mass is 709 g/mol. The fraction of sp³-hybridized carbons (Fsp3) is 0.115. The molecule has 1 fully saturated rings. The number of anilines is 3. The third-order valence-corrected chi connectivity index (χ3v) is 11.9. The maximum absolute atomic E-state index is 7.05. The van der Waals surface area contributed by atoms with Crippen molar-refractivity contribution in [3.05, 3.63) is 175 Å². The molecule has 1 aliphatic carbocycles.